The van der Waals surface area contributed by atoms with E-state index in [1.54, 1.807) is 0 Å². The summed E-state index contributed by atoms with van der Waals surface area (Å²) >= 11 is 0. The quantitative estimate of drug-likeness (QED) is 0.123. The lowest BCUT2D eigenvalue weighted by Gasteiger charge is -2.57. The van der Waals surface area contributed by atoms with Gasteiger partial charge >= 0.3 is 0 Å². The lowest BCUT2D eigenvalue weighted by atomic mass is 9.80. The van der Waals surface area contributed by atoms with Crippen LogP contribution in [0, 0.1) is 6.67 Å². The fourth-order valence-electron chi connectivity index (χ4n) is 10.8. The summed E-state index contributed by atoms with van der Waals surface area (Å²) in [4.78, 5) is 4.94. The molecule has 1 fully saturated rings. The van der Waals surface area contributed by atoms with Crippen LogP contribution in [0.5, 0.6) is 11.5 Å². The van der Waals surface area contributed by atoms with Gasteiger partial charge in [0.15, 0.2) is 18.0 Å². The van der Waals surface area contributed by atoms with Crippen LogP contribution in [-0.2, 0) is 27.1 Å². The second-order valence-corrected chi connectivity index (χ2v) is 25.0. The summed E-state index contributed by atoms with van der Waals surface area (Å²) in [6.07, 6.45) is 1.94. The number of rotatable bonds is 6. The van der Waals surface area contributed by atoms with Gasteiger partial charge in [-0.3, -0.25) is 13.5 Å². The number of hydrogen-bond acceptors (Lipinski definition) is 2. The van der Waals surface area contributed by atoms with Crippen molar-refractivity contribution >= 4 is 44.6 Å². The highest BCUT2D eigenvalue weighted by Gasteiger charge is 2.65. The fraction of sp³-hybridized carbons (Fsp3) is 0.333. The van der Waals surface area contributed by atoms with Crippen molar-refractivity contribution in [2.24, 2.45) is 0 Å². The smallest absolute Gasteiger partial charge is 0.188 e. The lowest BCUT2D eigenvalue weighted by molar-refractivity contribution is 0.184. The maximum absolute atomic E-state index is 7.06. The number of ether oxygens (including phenoxy) is 1. The molecule has 2 atom stereocenters. The Morgan fingerprint density at radius 3 is 1.75 bits per heavy atom. The van der Waals surface area contributed by atoms with Crippen LogP contribution in [0.3, 0.4) is 0 Å². The van der Waals surface area contributed by atoms with Crippen LogP contribution in [0.1, 0.15) is 132 Å². The Morgan fingerprint density at radius 1 is 0.485 bits per heavy atom. The maximum Gasteiger partial charge on any atom is 0.188 e. The van der Waals surface area contributed by atoms with Crippen molar-refractivity contribution in [2.45, 2.75) is 131 Å². The maximum atomic E-state index is 7.06. The SMILES string of the molecule is CC(C)(C)c1cccc(-c2cccc3c2[N@@+]2(c4cc(C(C)(C)C)cc(C(C)(C)C)c4)[CH-][N@+]3(c3cc(Oc4ccc5c6ccccc6n(-c6cc(C(C)(C)C)ccn6)c5c4)ccc3C(C)(C)C)C2)c1. The highest BCUT2D eigenvalue weighted by atomic mass is 16.5. The average molecular weight is 900 g/mol. The molecule has 5 heterocycles. The topological polar surface area (TPSA) is 27.1 Å². The molecule has 0 unspecified atom stereocenters. The van der Waals surface area contributed by atoms with E-state index in [9.17, 15) is 0 Å². The first kappa shape index (κ1) is 45.8. The van der Waals surface area contributed by atoms with Crippen molar-refractivity contribution in [1.29, 1.82) is 0 Å². The molecule has 11 rings (SSSR count). The third-order valence-electron chi connectivity index (χ3n) is 14.8. The molecular formula is C63H71N4O+. The van der Waals surface area contributed by atoms with Crippen molar-refractivity contribution in [3.05, 3.63) is 174 Å². The molecule has 0 aliphatic carbocycles. The molecule has 2 bridgehead atoms. The van der Waals surface area contributed by atoms with Crippen LogP contribution in [-0.4, -0.2) is 16.2 Å². The van der Waals surface area contributed by atoms with E-state index in [0.717, 1.165) is 35.0 Å². The van der Waals surface area contributed by atoms with Gasteiger partial charge in [-0.2, -0.15) is 0 Å². The average Bonchev–Trinajstić information content (AvgIpc) is 3.86. The Morgan fingerprint density at radius 2 is 1.09 bits per heavy atom. The van der Waals surface area contributed by atoms with Gasteiger partial charge in [-0.1, -0.05) is 158 Å². The van der Waals surface area contributed by atoms with Crippen molar-refractivity contribution in [2.75, 3.05) is 6.67 Å². The number of aromatic nitrogens is 2. The zero-order valence-corrected chi connectivity index (χ0v) is 43.3. The monoisotopic (exact) mass is 900 g/mol. The van der Waals surface area contributed by atoms with E-state index < -0.39 is 0 Å². The van der Waals surface area contributed by atoms with Gasteiger partial charge in [0.05, 0.1) is 17.7 Å². The Balaban J connectivity index is 1.15. The molecule has 0 spiro atoms. The van der Waals surface area contributed by atoms with E-state index in [2.05, 4.69) is 249 Å². The number of quaternary nitrogens is 2. The first-order valence-electron chi connectivity index (χ1n) is 24.7. The van der Waals surface area contributed by atoms with Gasteiger partial charge < -0.3 is 4.74 Å². The molecule has 2 aromatic heterocycles. The summed E-state index contributed by atoms with van der Waals surface area (Å²) in [5, 5.41) is 2.37. The minimum absolute atomic E-state index is 0.0133. The summed E-state index contributed by atoms with van der Waals surface area (Å²) in [7, 11) is 0. The third kappa shape index (κ3) is 7.49. The van der Waals surface area contributed by atoms with Crippen molar-refractivity contribution in [3.8, 4) is 28.4 Å². The van der Waals surface area contributed by atoms with Gasteiger partial charge in [-0.05, 0) is 103 Å². The Kier molecular flexibility index (Phi) is 10.3. The highest BCUT2D eigenvalue weighted by Crippen LogP contribution is 2.69. The molecular weight excluding hydrogens is 829 g/mol. The van der Waals surface area contributed by atoms with Crippen LogP contribution in [0.15, 0.2) is 140 Å². The van der Waals surface area contributed by atoms with Crippen molar-refractivity contribution in [3.63, 3.8) is 0 Å². The van der Waals surface area contributed by atoms with E-state index in [4.69, 9.17) is 9.72 Å². The van der Waals surface area contributed by atoms with E-state index in [1.165, 1.54) is 72.5 Å². The number of fused-ring (bicyclic) bond motifs is 3. The van der Waals surface area contributed by atoms with Crippen LogP contribution in [0.4, 0.5) is 22.7 Å². The number of pyridine rings is 1. The second kappa shape index (κ2) is 15.2. The number of benzene rings is 6. The molecule has 6 aromatic carbocycles. The molecule has 348 valence electrons. The summed E-state index contributed by atoms with van der Waals surface area (Å²) in [6, 6.07) is 50.1. The van der Waals surface area contributed by atoms with E-state index >= 15 is 0 Å². The fourth-order valence-corrected chi connectivity index (χ4v) is 10.8. The zero-order chi connectivity index (χ0) is 48.6. The molecule has 0 amide bonds. The molecule has 0 N–H and O–H groups in total. The zero-order valence-electron chi connectivity index (χ0n) is 43.3. The van der Waals surface area contributed by atoms with Crippen molar-refractivity contribution in [1.82, 2.24) is 18.5 Å². The van der Waals surface area contributed by atoms with E-state index in [0.29, 0.717) is 8.97 Å². The van der Waals surface area contributed by atoms with Gasteiger partial charge in [0.2, 0.25) is 0 Å². The Labute approximate surface area is 406 Å². The standard InChI is InChI=1S/C63H71N4O/c1-59(2,3)42-21-18-20-41(32-42)49-23-19-25-55-58(49)66(46-34-44(61(7,8)9)33-45(35-46)62(10,11)12)39-67(55,40-66)56-38-48(27-29-52(56)63(13,14)15)68-47-26-28-51-50-22-16-17-24-53(50)65(54(51)37-47)57-36-43(30-31-64-57)60(4,5)6/h16-39H,40H2,1-15H3/q+1/t66-,67-/m0/s1. The van der Waals surface area contributed by atoms with Crippen LogP contribution < -0.4 is 13.7 Å². The Hall–Kier alpha value is -6.01. The molecule has 0 radical (unpaired) electrons. The molecule has 3 aliphatic heterocycles. The predicted octanol–water partition coefficient (Wildman–Crippen LogP) is 17.5. The number of nitrogens with zero attached hydrogens (tertiary/aromatic N) is 4. The summed E-state index contributed by atoms with van der Waals surface area (Å²) in [5.74, 6) is 2.52. The normalized spacial score (nSPS) is 18.5. The lowest BCUT2D eigenvalue weighted by Crippen LogP contribution is -2.68. The molecule has 68 heavy (non-hydrogen) atoms. The van der Waals surface area contributed by atoms with Gasteiger partial charge in [-0.15, -0.1) is 0 Å². The van der Waals surface area contributed by atoms with Crippen molar-refractivity contribution < 1.29 is 4.74 Å². The minimum Gasteiger partial charge on any atom is -0.457 e. The van der Waals surface area contributed by atoms with Crippen LogP contribution >= 0.6 is 0 Å². The summed E-state index contributed by atoms with van der Waals surface area (Å²) in [6.45, 7) is 38.3. The number of hydrogen-bond donors (Lipinski definition) is 0. The summed E-state index contributed by atoms with van der Waals surface area (Å²) < 4.78 is 10.6. The molecule has 1 saturated heterocycles. The van der Waals surface area contributed by atoms with E-state index in [1.807, 2.05) is 6.20 Å². The van der Waals surface area contributed by atoms with Gasteiger partial charge in [0, 0.05) is 58.4 Å². The van der Waals surface area contributed by atoms with E-state index in [-0.39, 0.29) is 27.1 Å². The molecule has 8 aromatic rings. The van der Waals surface area contributed by atoms with Crippen LogP contribution in [0.2, 0.25) is 0 Å². The molecule has 3 aliphatic rings. The first-order chi connectivity index (χ1) is 31.8. The highest BCUT2D eigenvalue weighted by molar-refractivity contribution is 6.09. The third-order valence-corrected chi connectivity index (χ3v) is 14.8. The molecule has 5 heteroatoms. The van der Waals surface area contributed by atoms with Gasteiger partial charge in [0.1, 0.15) is 28.7 Å². The second-order valence-electron chi connectivity index (χ2n) is 25.0. The van der Waals surface area contributed by atoms with Gasteiger partial charge in [0.25, 0.3) is 0 Å². The molecule has 5 nitrogen and oxygen atoms in total. The first-order valence-corrected chi connectivity index (χ1v) is 24.7. The number of para-hydroxylation sites is 2. The molecule has 0 saturated carbocycles. The Bertz CT molecular complexity index is 3260. The largest absolute Gasteiger partial charge is 0.457 e. The van der Waals surface area contributed by atoms with Crippen LogP contribution in [0.25, 0.3) is 38.8 Å². The summed E-state index contributed by atoms with van der Waals surface area (Å²) in [5.41, 5.74) is 16.4. The minimum atomic E-state index is -0.138. The van der Waals surface area contributed by atoms with Gasteiger partial charge in [-0.25, -0.2) is 4.98 Å². The predicted molar refractivity (Wildman–Crippen MR) is 289 cm³/mol.